The Bertz CT molecular complexity index is 375. The van der Waals surface area contributed by atoms with Crippen molar-refractivity contribution in [3.05, 3.63) is 35.9 Å². The number of carboxylic acid groups (broad SMARTS) is 1. The van der Waals surface area contributed by atoms with Gasteiger partial charge in [0.2, 0.25) is 0 Å². The highest BCUT2D eigenvalue weighted by Crippen LogP contribution is 2.13. The van der Waals surface area contributed by atoms with Gasteiger partial charge in [0.1, 0.15) is 11.8 Å². The van der Waals surface area contributed by atoms with E-state index < -0.39 is 17.9 Å². The van der Waals surface area contributed by atoms with Crippen molar-refractivity contribution in [3.8, 4) is 0 Å². The molecule has 0 heterocycles. The maximum Gasteiger partial charge on any atom is 0.321 e. The lowest BCUT2D eigenvalue weighted by atomic mass is 9.89. The molecule has 0 saturated carbocycles. The Kier molecular flexibility index (Phi) is 4.19. The van der Waals surface area contributed by atoms with Gasteiger partial charge in [0.05, 0.1) is 0 Å². The van der Waals surface area contributed by atoms with Crippen molar-refractivity contribution in [2.45, 2.75) is 19.4 Å². The second-order valence-electron chi connectivity index (χ2n) is 3.77. The number of nitrogens with two attached hydrogens (primary N) is 1. The first-order valence-corrected chi connectivity index (χ1v) is 5.05. The third-order valence-electron chi connectivity index (χ3n) is 2.54. The fraction of sp³-hybridized carbons (Fsp3) is 0.333. The van der Waals surface area contributed by atoms with Crippen LogP contribution in [0.15, 0.2) is 30.3 Å². The molecule has 0 bridgehead atoms. The van der Waals surface area contributed by atoms with Gasteiger partial charge in [-0.05, 0) is 18.9 Å². The molecular weight excluding hydrogens is 206 g/mol. The summed E-state index contributed by atoms with van der Waals surface area (Å²) in [6, 6.07) is 8.12. The Morgan fingerprint density at radius 1 is 1.31 bits per heavy atom. The van der Waals surface area contributed by atoms with E-state index in [4.69, 9.17) is 10.8 Å². The van der Waals surface area contributed by atoms with E-state index >= 15 is 0 Å². The highest BCUT2D eigenvalue weighted by Gasteiger charge is 2.27. The van der Waals surface area contributed by atoms with E-state index in [9.17, 15) is 9.59 Å². The zero-order chi connectivity index (χ0) is 12.1. The predicted molar refractivity (Wildman–Crippen MR) is 59.9 cm³/mol. The largest absolute Gasteiger partial charge is 0.480 e. The van der Waals surface area contributed by atoms with Crippen LogP contribution < -0.4 is 5.73 Å². The summed E-state index contributed by atoms with van der Waals surface area (Å²) in [6.07, 6.45) is 0.365. The number of carboxylic acids is 1. The summed E-state index contributed by atoms with van der Waals surface area (Å²) in [5.41, 5.74) is 6.41. The van der Waals surface area contributed by atoms with Crippen LogP contribution in [0.4, 0.5) is 0 Å². The normalized spacial score (nSPS) is 14.1. The number of carbonyl (C=O) groups is 2. The minimum Gasteiger partial charge on any atom is -0.480 e. The molecule has 4 nitrogen and oxygen atoms in total. The van der Waals surface area contributed by atoms with E-state index in [1.54, 1.807) is 0 Å². The van der Waals surface area contributed by atoms with Gasteiger partial charge in [-0.3, -0.25) is 9.59 Å². The number of carbonyl (C=O) groups excluding carboxylic acids is 1. The van der Waals surface area contributed by atoms with Gasteiger partial charge in [0.25, 0.3) is 0 Å². The smallest absolute Gasteiger partial charge is 0.321 e. The van der Waals surface area contributed by atoms with Gasteiger partial charge in [-0.2, -0.15) is 0 Å². The summed E-state index contributed by atoms with van der Waals surface area (Å²) in [5.74, 6) is -2.00. The molecule has 3 N–H and O–H groups in total. The van der Waals surface area contributed by atoms with Crippen LogP contribution in [0.25, 0.3) is 0 Å². The number of hydrogen-bond acceptors (Lipinski definition) is 3. The first-order valence-electron chi connectivity index (χ1n) is 5.05. The molecule has 2 atom stereocenters. The van der Waals surface area contributed by atoms with Gasteiger partial charge < -0.3 is 10.8 Å². The monoisotopic (exact) mass is 221 g/mol. The molecule has 0 aromatic heterocycles. The molecule has 16 heavy (non-hydrogen) atoms. The lowest BCUT2D eigenvalue weighted by Gasteiger charge is -2.17. The van der Waals surface area contributed by atoms with Gasteiger partial charge in [-0.25, -0.2) is 0 Å². The van der Waals surface area contributed by atoms with Crippen molar-refractivity contribution in [2.24, 2.45) is 11.7 Å². The minimum atomic E-state index is -1.14. The van der Waals surface area contributed by atoms with Crippen LogP contribution >= 0.6 is 0 Å². The standard InChI is InChI=1S/C12H15NO3/c1-8(14)10(11(13)12(15)16)7-9-5-3-2-4-6-9/h2-6,10-11H,7,13H2,1H3,(H,15,16)/t10-,11+/m1/s1. The second kappa shape index (κ2) is 5.42. The van der Waals surface area contributed by atoms with Gasteiger partial charge in [0.15, 0.2) is 0 Å². The van der Waals surface area contributed by atoms with Gasteiger partial charge in [0, 0.05) is 5.92 Å². The molecule has 0 aliphatic rings. The van der Waals surface area contributed by atoms with E-state index in [2.05, 4.69) is 0 Å². The van der Waals surface area contributed by atoms with Crippen molar-refractivity contribution in [1.29, 1.82) is 0 Å². The summed E-state index contributed by atoms with van der Waals surface area (Å²) in [7, 11) is 0. The maximum atomic E-state index is 11.4. The molecule has 0 amide bonds. The Morgan fingerprint density at radius 3 is 2.31 bits per heavy atom. The number of ketones is 1. The molecule has 0 aliphatic carbocycles. The van der Waals surface area contributed by atoms with E-state index in [-0.39, 0.29) is 5.78 Å². The van der Waals surface area contributed by atoms with Gasteiger partial charge in [-0.1, -0.05) is 30.3 Å². The summed E-state index contributed by atoms with van der Waals surface area (Å²) in [5, 5.41) is 8.80. The van der Waals surface area contributed by atoms with Crippen LogP contribution in [-0.4, -0.2) is 22.9 Å². The van der Waals surface area contributed by atoms with Crippen LogP contribution in [-0.2, 0) is 16.0 Å². The highest BCUT2D eigenvalue weighted by molar-refractivity contribution is 5.86. The van der Waals surface area contributed by atoms with E-state index in [1.807, 2.05) is 30.3 Å². The van der Waals surface area contributed by atoms with Gasteiger partial charge >= 0.3 is 5.97 Å². The zero-order valence-electron chi connectivity index (χ0n) is 9.09. The molecule has 1 rings (SSSR count). The number of benzene rings is 1. The summed E-state index contributed by atoms with van der Waals surface area (Å²) >= 11 is 0. The first kappa shape index (κ1) is 12.4. The van der Waals surface area contributed by atoms with Crippen molar-refractivity contribution in [1.82, 2.24) is 0 Å². The number of Topliss-reactive ketones (excluding diaryl/α,β-unsaturated/α-hetero) is 1. The molecule has 0 unspecified atom stereocenters. The molecule has 4 heteroatoms. The Hall–Kier alpha value is -1.68. The fourth-order valence-corrected chi connectivity index (χ4v) is 1.56. The highest BCUT2D eigenvalue weighted by atomic mass is 16.4. The molecule has 0 radical (unpaired) electrons. The van der Waals surface area contributed by atoms with Crippen LogP contribution in [0.1, 0.15) is 12.5 Å². The number of hydrogen-bond donors (Lipinski definition) is 2. The van der Waals surface area contributed by atoms with Crippen LogP contribution in [0, 0.1) is 5.92 Å². The first-order chi connectivity index (χ1) is 7.52. The molecular formula is C12H15NO3. The Balaban J connectivity index is 2.81. The zero-order valence-corrected chi connectivity index (χ0v) is 9.09. The average molecular weight is 221 g/mol. The summed E-state index contributed by atoms with van der Waals surface area (Å²) in [4.78, 5) is 22.1. The van der Waals surface area contributed by atoms with E-state index in [1.165, 1.54) is 6.92 Å². The lowest BCUT2D eigenvalue weighted by molar-refractivity contribution is -0.142. The SMILES string of the molecule is CC(=O)[C@@H](Cc1ccccc1)[C@H](N)C(=O)O. The van der Waals surface area contributed by atoms with Crippen molar-refractivity contribution < 1.29 is 14.7 Å². The topological polar surface area (TPSA) is 80.4 Å². The number of rotatable bonds is 5. The molecule has 0 spiro atoms. The molecule has 1 aromatic rings. The Morgan fingerprint density at radius 2 is 1.88 bits per heavy atom. The Labute approximate surface area is 94.1 Å². The van der Waals surface area contributed by atoms with E-state index in [0.29, 0.717) is 6.42 Å². The minimum absolute atomic E-state index is 0.196. The molecule has 0 fully saturated rings. The quantitative estimate of drug-likeness (QED) is 0.772. The molecule has 0 saturated heterocycles. The van der Waals surface area contributed by atoms with Crippen LogP contribution in [0.5, 0.6) is 0 Å². The van der Waals surface area contributed by atoms with Crippen molar-refractivity contribution in [3.63, 3.8) is 0 Å². The summed E-state index contributed by atoms with van der Waals surface area (Å²) in [6.45, 7) is 1.37. The average Bonchev–Trinajstić information content (AvgIpc) is 2.26. The number of aliphatic carboxylic acids is 1. The molecule has 1 aromatic carbocycles. The summed E-state index contributed by atoms with van der Waals surface area (Å²) < 4.78 is 0. The van der Waals surface area contributed by atoms with Crippen LogP contribution in [0.3, 0.4) is 0 Å². The fourth-order valence-electron chi connectivity index (χ4n) is 1.56. The van der Waals surface area contributed by atoms with E-state index in [0.717, 1.165) is 5.56 Å². The third-order valence-corrected chi connectivity index (χ3v) is 2.54. The molecule has 86 valence electrons. The van der Waals surface area contributed by atoms with Crippen LogP contribution in [0.2, 0.25) is 0 Å². The second-order valence-corrected chi connectivity index (χ2v) is 3.77. The lowest BCUT2D eigenvalue weighted by Crippen LogP contribution is -2.42. The van der Waals surface area contributed by atoms with Gasteiger partial charge in [-0.15, -0.1) is 0 Å². The third kappa shape index (κ3) is 3.17. The van der Waals surface area contributed by atoms with Crippen molar-refractivity contribution >= 4 is 11.8 Å². The maximum absolute atomic E-state index is 11.4. The molecule has 0 aliphatic heterocycles. The predicted octanol–water partition coefficient (Wildman–Crippen LogP) is 0.846. The van der Waals surface area contributed by atoms with Crippen molar-refractivity contribution in [2.75, 3.05) is 0 Å².